The van der Waals surface area contributed by atoms with Gasteiger partial charge in [-0.25, -0.2) is 0 Å². The van der Waals surface area contributed by atoms with Crippen LogP contribution in [0.4, 0.5) is 0 Å². The van der Waals surface area contributed by atoms with E-state index in [0.717, 1.165) is 16.5 Å². The summed E-state index contributed by atoms with van der Waals surface area (Å²) in [5, 5.41) is 9.98. The SMILES string of the molecule is O=C(O)CC1COCCN1C(=O)Cc1cccc2cccnc12. The number of ether oxygens (including phenoxy) is 1. The molecule has 3 rings (SSSR count). The van der Waals surface area contributed by atoms with Crippen LogP contribution >= 0.6 is 0 Å². The molecule has 1 saturated heterocycles. The van der Waals surface area contributed by atoms with E-state index in [9.17, 15) is 9.59 Å². The maximum Gasteiger partial charge on any atom is 0.305 e. The number of nitrogens with zero attached hydrogens (tertiary/aromatic N) is 2. The fourth-order valence-corrected chi connectivity index (χ4v) is 2.93. The molecule has 0 radical (unpaired) electrons. The molecule has 6 heteroatoms. The molecule has 6 nitrogen and oxygen atoms in total. The third-order valence-corrected chi connectivity index (χ3v) is 4.02. The van der Waals surface area contributed by atoms with Crippen LogP contribution in [-0.2, 0) is 20.7 Å². The van der Waals surface area contributed by atoms with Gasteiger partial charge in [-0.05, 0) is 11.6 Å². The van der Waals surface area contributed by atoms with Crippen molar-refractivity contribution in [3.8, 4) is 0 Å². The number of carbonyl (C=O) groups is 2. The number of carboxylic acids is 1. The Morgan fingerprint density at radius 3 is 2.96 bits per heavy atom. The highest BCUT2D eigenvalue weighted by atomic mass is 16.5. The molecule has 1 fully saturated rings. The van der Waals surface area contributed by atoms with E-state index in [-0.39, 0.29) is 25.4 Å². The molecule has 0 bridgehead atoms. The van der Waals surface area contributed by atoms with Crippen molar-refractivity contribution in [2.45, 2.75) is 18.9 Å². The van der Waals surface area contributed by atoms with Gasteiger partial charge in [-0.3, -0.25) is 14.6 Å². The number of carboxylic acid groups (broad SMARTS) is 1. The molecule has 1 atom stereocenters. The molecule has 1 amide bonds. The number of benzene rings is 1. The number of aliphatic carboxylic acids is 1. The minimum atomic E-state index is -0.926. The average Bonchev–Trinajstić information content (AvgIpc) is 2.55. The fourth-order valence-electron chi connectivity index (χ4n) is 2.93. The van der Waals surface area contributed by atoms with E-state index in [2.05, 4.69) is 4.98 Å². The van der Waals surface area contributed by atoms with Crippen molar-refractivity contribution in [1.82, 2.24) is 9.88 Å². The van der Waals surface area contributed by atoms with Crippen molar-refractivity contribution in [1.29, 1.82) is 0 Å². The number of pyridine rings is 1. The molecule has 1 aliphatic heterocycles. The predicted octanol–water partition coefficient (Wildman–Crippen LogP) is 1.48. The van der Waals surface area contributed by atoms with Crippen molar-refractivity contribution >= 4 is 22.8 Å². The lowest BCUT2D eigenvalue weighted by atomic mass is 10.0. The molecular formula is C17H18N2O4. The molecule has 2 aromatic rings. The summed E-state index contributed by atoms with van der Waals surface area (Å²) < 4.78 is 5.31. The Balaban J connectivity index is 1.80. The van der Waals surface area contributed by atoms with Crippen LogP contribution in [-0.4, -0.2) is 52.7 Å². The number of para-hydroxylation sites is 1. The van der Waals surface area contributed by atoms with E-state index < -0.39 is 12.0 Å². The smallest absolute Gasteiger partial charge is 0.305 e. The molecule has 1 aliphatic rings. The fraction of sp³-hybridized carbons (Fsp3) is 0.353. The number of morpholine rings is 1. The van der Waals surface area contributed by atoms with E-state index in [1.807, 2.05) is 30.3 Å². The third kappa shape index (κ3) is 3.48. The molecule has 1 aromatic heterocycles. The van der Waals surface area contributed by atoms with E-state index in [0.29, 0.717) is 13.2 Å². The van der Waals surface area contributed by atoms with Gasteiger partial charge in [0.15, 0.2) is 0 Å². The number of amides is 1. The lowest BCUT2D eigenvalue weighted by molar-refractivity contribution is -0.145. The maximum absolute atomic E-state index is 12.7. The normalized spacial score (nSPS) is 18.1. The first-order chi connectivity index (χ1) is 11.1. The molecule has 1 unspecified atom stereocenters. The van der Waals surface area contributed by atoms with Crippen molar-refractivity contribution in [3.05, 3.63) is 42.1 Å². The van der Waals surface area contributed by atoms with Gasteiger partial charge in [-0.15, -0.1) is 0 Å². The summed E-state index contributed by atoms with van der Waals surface area (Å²) in [6, 6.07) is 9.16. The number of carbonyl (C=O) groups excluding carboxylic acids is 1. The monoisotopic (exact) mass is 314 g/mol. The van der Waals surface area contributed by atoms with Gasteiger partial charge in [0.25, 0.3) is 0 Å². The average molecular weight is 314 g/mol. The van der Waals surface area contributed by atoms with E-state index in [1.54, 1.807) is 11.1 Å². The standard InChI is InChI=1S/C17H18N2O4/c20-15(19-7-8-23-11-14(19)10-16(21)22)9-13-4-1-3-12-5-2-6-18-17(12)13/h1-6,14H,7-11H2,(H,21,22). The largest absolute Gasteiger partial charge is 0.481 e. The minimum Gasteiger partial charge on any atom is -0.481 e. The first kappa shape index (κ1) is 15.4. The first-order valence-corrected chi connectivity index (χ1v) is 7.57. The van der Waals surface area contributed by atoms with Crippen LogP contribution in [0.15, 0.2) is 36.5 Å². The topological polar surface area (TPSA) is 79.7 Å². The van der Waals surface area contributed by atoms with Crippen molar-refractivity contribution in [3.63, 3.8) is 0 Å². The minimum absolute atomic E-state index is 0.0855. The summed E-state index contributed by atoms with van der Waals surface area (Å²) in [5.41, 5.74) is 1.67. The van der Waals surface area contributed by atoms with Crippen LogP contribution in [0.3, 0.4) is 0 Å². The molecule has 0 spiro atoms. The molecule has 0 aliphatic carbocycles. The summed E-state index contributed by atoms with van der Waals surface area (Å²) in [6.07, 6.45) is 1.82. The number of fused-ring (bicyclic) bond motifs is 1. The van der Waals surface area contributed by atoms with Gasteiger partial charge in [-0.1, -0.05) is 24.3 Å². The van der Waals surface area contributed by atoms with Crippen LogP contribution in [0.2, 0.25) is 0 Å². The second-order valence-electron chi connectivity index (χ2n) is 5.58. The second-order valence-corrected chi connectivity index (χ2v) is 5.58. The van der Waals surface area contributed by atoms with Crippen molar-refractivity contribution < 1.29 is 19.4 Å². The van der Waals surface area contributed by atoms with E-state index in [4.69, 9.17) is 9.84 Å². The van der Waals surface area contributed by atoms with Crippen molar-refractivity contribution in [2.24, 2.45) is 0 Å². The summed E-state index contributed by atoms with van der Waals surface area (Å²) in [6.45, 7) is 1.14. The van der Waals surface area contributed by atoms with Crippen molar-refractivity contribution in [2.75, 3.05) is 19.8 Å². The summed E-state index contributed by atoms with van der Waals surface area (Å²) >= 11 is 0. The van der Waals surface area contributed by atoms with Gasteiger partial charge < -0.3 is 14.7 Å². The quantitative estimate of drug-likeness (QED) is 0.924. The first-order valence-electron chi connectivity index (χ1n) is 7.57. The van der Waals surface area contributed by atoms with Gasteiger partial charge in [0.05, 0.1) is 37.6 Å². The molecular weight excluding hydrogens is 296 g/mol. The Morgan fingerprint density at radius 2 is 2.13 bits per heavy atom. The number of rotatable bonds is 4. The Kier molecular flexibility index (Phi) is 4.52. The zero-order chi connectivity index (χ0) is 16.2. The molecule has 0 saturated carbocycles. The van der Waals surface area contributed by atoms with Crippen LogP contribution in [0.5, 0.6) is 0 Å². The highest BCUT2D eigenvalue weighted by molar-refractivity contribution is 5.88. The molecule has 1 N–H and O–H groups in total. The molecule has 2 heterocycles. The highest BCUT2D eigenvalue weighted by Crippen LogP contribution is 2.19. The second kappa shape index (κ2) is 6.75. The lowest BCUT2D eigenvalue weighted by Gasteiger charge is -2.35. The molecule has 1 aromatic carbocycles. The number of hydrogen-bond acceptors (Lipinski definition) is 4. The van der Waals surface area contributed by atoms with Gasteiger partial charge >= 0.3 is 5.97 Å². The summed E-state index contributed by atoms with van der Waals surface area (Å²) in [7, 11) is 0. The van der Waals surface area contributed by atoms with Gasteiger partial charge in [0.2, 0.25) is 5.91 Å². The van der Waals surface area contributed by atoms with Crippen LogP contribution in [0, 0.1) is 0 Å². The Labute approximate surface area is 133 Å². The zero-order valence-corrected chi connectivity index (χ0v) is 12.6. The summed E-state index contributed by atoms with van der Waals surface area (Å²) in [4.78, 5) is 29.6. The molecule has 120 valence electrons. The van der Waals surface area contributed by atoms with Gasteiger partial charge in [0.1, 0.15) is 0 Å². The Hall–Kier alpha value is -2.47. The highest BCUT2D eigenvalue weighted by Gasteiger charge is 2.29. The number of hydrogen-bond donors (Lipinski definition) is 1. The summed E-state index contributed by atoms with van der Waals surface area (Å²) in [5.74, 6) is -1.01. The lowest BCUT2D eigenvalue weighted by Crippen LogP contribution is -2.50. The maximum atomic E-state index is 12.7. The third-order valence-electron chi connectivity index (χ3n) is 4.02. The number of aromatic nitrogens is 1. The van der Waals surface area contributed by atoms with E-state index >= 15 is 0 Å². The van der Waals surface area contributed by atoms with Gasteiger partial charge in [0, 0.05) is 18.1 Å². The van der Waals surface area contributed by atoms with Crippen LogP contribution in [0.1, 0.15) is 12.0 Å². The Bertz CT molecular complexity index is 726. The van der Waals surface area contributed by atoms with E-state index in [1.165, 1.54) is 0 Å². The molecule has 23 heavy (non-hydrogen) atoms. The van der Waals surface area contributed by atoms with Crippen LogP contribution < -0.4 is 0 Å². The van der Waals surface area contributed by atoms with Gasteiger partial charge in [-0.2, -0.15) is 0 Å². The van der Waals surface area contributed by atoms with Crippen LogP contribution in [0.25, 0.3) is 10.9 Å². The Morgan fingerprint density at radius 1 is 1.30 bits per heavy atom. The predicted molar refractivity (Wildman–Crippen MR) is 84.0 cm³/mol. The zero-order valence-electron chi connectivity index (χ0n) is 12.6.